The van der Waals surface area contributed by atoms with Crippen molar-refractivity contribution in [3.05, 3.63) is 23.3 Å². The predicted octanol–water partition coefficient (Wildman–Crippen LogP) is 0.764. The second-order valence-corrected chi connectivity index (χ2v) is 8.44. The van der Waals surface area contributed by atoms with E-state index in [0.717, 1.165) is 0 Å². The highest BCUT2D eigenvalue weighted by Crippen LogP contribution is 2.26. The van der Waals surface area contributed by atoms with Gasteiger partial charge in [-0.25, -0.2) is 22.0 Å². The minimum absolute atomic E-state index is 0.0329. The highest BCUT2D eigenvalue weighted by molar-refractivity contribution is 7.91. The van der Waals surface area contributed by atoms with Gasteiger partial charge in [-0.1, -0.05) is 6.92 Å². The summed E-state index contributed by atoms with van der Waals surface area (Å²) in [6.07, 6.45) is 0. The first-order chi connectivity index (χ1) is 9.08. The number of primary sulfonamides is 1. The van der Waals surface area contributed by atoms with Crippen LogP contribution in [0.25, 0.3) is 0 Å². The summed E-state index contributed by atoms with van der Waals surface area (Å²) in [5.74, 6) is 0.457. The molecular weight excluding hydrogens is 302 g/mol. The molecule has 0 amide bonds. The number of hydrogen-bond donors (Lipinski definition) is 1. The van der Waals surface area contributed by atoms with Crippen molar-refractivity contribution in [3.8, 4) is 5.75 Å². The van der Waals surface area contributed by atoms with Crippen LogP contribution in [-0.2, 0) is 19.9 Å². The van der Waals surface area contributed by atoms with E-state index in [-0.39, 0.29) is 23.0 Å². The molecule has 1 aromatic carbocycles. The van der Waals surface area contributed by atoms with Gasteiger partial charge >= 0.3 is 0 Å². The second kappa shape index (κ2) is 6.11. The van der Waals surface area contributed by atoms with Crippen molar-refractivity contribution in [3.63, 3.8) is 0 Å². The SMILES string of the molecule is CCS(=O)(=O)CCOc1ccc(S(N)(=O)=O)c(C)c1C. The van der Waals surface area contributed by atoms with Crippen LogP contribution in [0, 0.1) is 13.8 Å². The lowest BCUT2D eigenvalue weighted by atomic mass is 10.1. The molecule has 0 fully saturated rings. The number of rotatable bonds is 6. The van der Waals surface area contributed by atoms with E-state index in [9.17, 15) is 16.8 Å². The quantitative estimate of drug-likeness (QED) is 0.833. The third-order valence-electron chi connectivity index (χ3n) is 3.09. The first-order valence-corrected chi connectivity index (χ1v) is 9.41. The number of ether oxygens (including phenoxy) is 1. The van der Waals surface area contributed by atoms with E-state index >= 15 is 0 Å². The van der Waals surface area contributed by atoms with Gasteiger partial charge in [0.25, 0.3) is 0 Å². The van der Waals surface area contributed by atoms with E-state index in [1.165, 1.54) is 12.1 Å². The van der Waals surface area contributed by atoms with Gasteiger partial charge in [0.1, 0.15) is 12.4 Å². The van der Waals surface area contributed by atoms with Crippen LogP contribution in [0.2, 0.25) is 0 Å². The molecule has 0 aliphatic carbocycles. The van der Waals surface area contributed by atoms with E-state index in [2.05, 4.69) is 0 Å². The summed E-state index contributed by atoms with van der Waals surface area (Å²) in [5.41, 5.74) is 1.13. The Labute approximate surface area is 119 Å². The average molecular weight is 321 g/mol. The monoisotopic (exact) mass is 321 g/mol. The standard InChI is InChI=1S/C12H19NO5S2/c1-4-19(14,15)8-7-18-11-5-6-12(20(13,16)17)10(3)9(11)2/h5-6H,4,7-8H2,1-3H3,(H2,13,16,17). The molecule has 1 rings (SSSR count). The average Bonchev–Trinajstić information content (AvgIpc) is 2.33. The summed E-state index contributed by atoms with van der Waals surface area (Å²) in [7, 11) is -6.86. The molecule has 2 N–H and O–H groups in total. The highest BCUT2D eigenvalue weighted by Gasteiger charge is 2.16. The zero-order chi connectivity index (χ0) is 15.6. The van der Waals surface area contributed by atoms with Crippen LogP contribution >= 0.6 is 0 Å². The number of hydrogen-bond acceptors (Lipinski definition) is 5. The zero-order valence-electron chi connectivity index (χ0n) is 11.7. The fourth-order valence-corrected chi connectivity index (χ4v) is 3.12. The van der Waals surface area contributed by atoms with Crippen molar-refractivity contribution in [2.45, 2.75) is 25.7 Å². The van der Waals surface area contributed by atoms with Gasteiger partial charge in [-0.3, -0.25) is 0 Å². The molecule has 0 saturated heterocycles. The molecular formula is C12H19NO5S2. The van der Waals surface area contributed by atoms with Crippen LogP contribution in [0.1, 0.15) is 18.1 Å². The molecule has 20 heavy (non-hydrogen) atoms. The van der Waals surface area contributed by atoms with Gasteiger partial charge < -0.3 is 4.74 Å². The fraction of sp³-hybridized carbons (Fsp3) is 0.500. The Morgan fingerprint density at radius 1 is 1.10 bits per heavy atom. The normalized spacial score (nSPS) is 12.4. The number of benzene rings is 1. The Balaban J connectivity index is 2.93. The molecule has 0 aliphatic rings. The summed E-state index contributed by atoms with van der Waals surface area (Å²) >= 11 is 0. The highest BCUT2D eigenvalue weighted by atomic mass is 32.2. The molecule has 0 atom stereocenters. The number of sulfone groups is 1. The molecule has 0 spiro atoms. The maximum Gasteiger partial charge on any atom is 0.238 e. The van der Waals surface area contributed by atoms with Crippen LogP contribution in [0.3, 0.4) is 0 Å². The lowest BCUT2D eigenvalue weighted by Gasteiger charge is -2.13. The fourth-order valence-electron chi connectivity index (χ4n) is 1.66. The third kappa shape index (κ3) is 4.19. The van der Waals surface area contributed by atoms with Crippen LogP contribution in [0.4, 0.5) is 0 Å². The smallest absolute Gasteiger partial charge is 0.238 e. The van der Waals surface area contributed by atoms with Crippen molar-refractivity contribution in [1.82, 2.24) is 0 Å². The molecule has 114 valence electrons. The lowest BCUT2D eigenvalue weighted by molar-refractivity contribution is 0.338. The van der Waals surface area contributed by atoms with Gasteiger partial charge in [0.05, 0.1) is 10.6 Å². The summed E-state index contributed by atoms with van der Waals surface area (Å²) < 4.78 is 50.8. The van der Waals surface area contributed by atoms with Crippen LogP contribution in [0.15, 0.2) is 17.0 Å². The molecule has 6 nitrogen and oxygen atoms in total. The first-order valence-electron chi connectivity index (χ1n) is 6.04. The Hall–Kier alpha value is -1.12. The molecule has 8 heteroatoms. The van der Waals surface area contributed by atoms with Gasteiger partial charge in [0.2, 0.25) is 10.0 Å². The van der Waals surface area contributed by atoms with Gasteiger partial charge in [-0.05, 0) is 37.1 Å². The third-order valence-corrected chi connectivity index (χ3v) is 5.81. The van der Waals surface area contributed by atoms with Gasteiger partial charge in [0.15, 0.2) is 9.84 Å². The van der Waals surface area contributed by atoms with Gasteiger partial charge in [0, 0.05) is 5.75 Å². The summed E-state index contributed by atoms with van der Waals surface area (Å²) in [4.78, 5) is 0.0449. The molecule has 0 aromatic heterocycles. The Morgan fingerprint density at radius 2 is 1.70 bits per heavy atom. The Morgan fingerprint density at radius 3 is 2.20 bits per heavy atom. The van der Waals surface area contributed by atoms with E-state index in [0.29, 0.717) is 16.9 Å². The Kier molecular flexibility index (Phi) is 5.17. The minimum Gasteiger partial charge on any atom is -0.492 e. The largest absolute Gasteiger partial charge is 0.492 e. The molecule has 0 radical (unpaired) electrons. The molecule has 0 saturated carbocycles. The van der Waals surface area contributed by atoms with E-state index in [1.54, 1.807) is 20.8 Å². The van der Waals surface area contributed by atoms with E-state index in [4.69, 9.17) is 9.88 Å². The van der Waals surface area contributed by atoms with Crippen molar-refractivity contribution < 1.29 is 21.6 Å². The van der Waals surface area contributed by atoms with Crippen LogP contribution in [0.5, 0.6) is 5.75 Å². The summed E-state index contributed by atoms with van der Waals surface area (Å²) in [6, 6.07) is 2.85. The topological polar surface area (TPSA) is 104 Å². The van der Waals surface area contributed by atoms with Crippen molar-refractivity contribution in [2.75, 3.05) is 18.1 Å². The molecule has 0 heterocycles. The van der Waals surface area contributed by atoms with Crippen molar-refractivity contribution >= 4 is 19.9 Å². The molecule has 1 aromatic rings. The van der Waals surface area contributed by atoms with Gasteiger partial charge in [-0.15, -0.1) is 0 Å². The zero-order valence-corrected chi connectivity index (χ0v) is 13.3. The first kappa shape index (κ1) is 16.9. The van der Waals surface area contributed by atoms with Gasteiger partial charge in [-0.2, -0.15) is 0 Å². The number of nitrogens with two attached hydrogens (primary N) is 1. The Bertz CT molecular complexity index is 693. The van der Waals surface area contributed by atoms with Crippen molar-refractivity contribution in [1.29, 1.82) is 0 Å². The van der Waals surface area contributed by atoms with Crippen molar-refractivity contribution in [2.24, 2.45) is 5.14 Å². The molecule has 0 unspecified atom stereocenters. The predicted molar refractivity (Wildman–Crippen MR) is 77.1 cm³/mol. The van der Waals surface area contributed by atoms with Crippen LogP contribution < -0.4 is 9.88 Å². The lowest BCUT2D eigenvalue weighted by Crippen LogP contribution is -2.17. The summed E-state index contributed by atoms with van der Waals surface area (Å²) in [5, 5.41) is 5.10. The van der Waals surface area contributed by atoms with E-state index < -0.39 is 19.9 Å². The maximum absolute atomic E-state index is 11.4. The minimum atomic E-state index is -3.77. The van der Waals surface area contributed by atoms with Crippen LogP contribution in [-0.4, -0.2) is 34.9 Å². The summed E-state index contributed by atoms with van der Waals surface area (Å²) in [6.45, 7) is 4.94. The number of sulfonamides is 1. The maximum atomic E-state index is 11.4. The second-order valence-electron chi connectivity index (χ2n) is 4.44. The van der Waals surface area contributed by atoms with E-state index in [1.807, 2.05) is 0 Å². The molecule has 0 bridgehead atoms. The molecule has 0 aliphatic heterocycles.